The smallest absolute Gasteiger partial charge is 0.368 e. The lowest BCUT2D eigenvalue weighted by Crippen LogP contribution is -2.29. The fourth-order valence-corrected chi connectivity index (χ4v) is 1.26. The van der Waals surface area contributed by atoms with Gasteiger partial charge in [-0.3, -0.25) is 0 Å². The van der Waals surface area contributed by atoms with E-state index in [1.807, 2.05) is 19.0 Å². The van der Waals surface area contributed by atoms with Crippen molar-refractivity contribution in [1.82, 2.24) is 14.9 Å². The van der Waals surface area contributed by atoms with E-state index in [9.17, 15) is 13.2 Å². The van der Waals surface area contributed by atoms with Gasteiger partial charge in [0.05, 0.1) is 0 Å². The van der Waals surface area contributed by atoms with E-state index in [1.165, 1.54) is 0 Å². The van der Waals surface area contributed by atoms with Crippen molar-refractivity contribution in [1.29, 1.82) is 0 Å². The molecule has 18 heavy (non-hydrogen) atoms. The molecule has 1 aromatic rings. The minimum absolute atomic E-state index is 0.164. The van der Waals surface area contributed by atoms with Crippen LogP contribution in [0.3, 0.4) is 0 Å². The molecule has 2 N–H and O–H groups in total. The van der Waals surface area contributed by atoms with Crippen molar-refractivity contribution in [3.05, 3.63) is 11.8 Å². The summed E-state index contributed by atoms with van der Waals surface area (Å²) in [7, 11) is 5.41. The highest BCUT2D eigenvalue weighted by Gasteiger charge is 2.33. The van der Waals surface area contributed by atoms with E-state index in [2.05, 4.69) is 9.97 Å². The van der Waals surface area contributed by atoms with Crippen LogP contribution in [-0.2, 0) is 6.18 Å². The van der Waals surface area contributed by atoms with E-state index >= 15 is 0 Å². The molecule has 0 saturated heterocycles. The molecule has 0 bridgehead atoms. The van der Waals surface area contributed by atoms with Crippen LogP contribution in [0.25, 0.3) is 0 Å². The molecule has 0 radical (unpaired) electrons. The number of halogens is 3. The largest absolute Gasteiger partial charge is 0.433 e. The molecule has 0 amide bonds. The molecule has 5 nitrogen and oxygen atoms in total. The van der Waals surface area contributed by atoms with Gasteiger partial charge in [-0.15, -0.1) is 0 Å². The van der Waals surface area contributed by atoms with Crippen LogP contribution in [0.1, 0.15) is 5.69 Å². The SMILES string of the molecule is CN(C)CCN(C)c1cc(C(F)(F)F)nc(N)n1. The van der Waals surface area contributed by atoms with Gasteiger partial charge in [0.2, 0.25) is 5.95 Å². The lowest BCUT2D eigenvalue weighted by Gasteiger charge is -2.21. The molecule has 1 rings (SSSR count). The number of anilines is 2. The third-order valence-corrected chi connectivity index (χ3v) is 2.29. The Labute approximate surface area is 103 Å². The van der Waals surface area contributed by atoms with Crippen LogP contribution in [0.4, 0.5) is 24.9 Å². The summed E-state index contributed by atoms with van der Waals surface area (Å²) in [5.41, 5.74) is 4.26. The lowest BCUT2D eigenvalue weighted by molar-refractivity contribution is -0.141. The first-order chi connectivity index (χ1) is 8.20. The summed E-state index contributed by atoms with van der Waals surface area (Å²) in [6.07, 6.45) is -4.52. The van der Waals surface area contributed by atoms with Gasteiger partial charge in [0, 0.05) is 26.2 Å². The second-order valence-corrected chi connectivity index (χ2v) is 4.19. The Balaban J connectivity index is 2.92. The zero-order valence-corrected chi connectivity index (χ0v) is 10.5. The Kier molecular flexibility index (Phi) is 4.33. The van der Waals surface area contributed by atoms with Gasteiger partial charge in [0.1, 0.15) is 5.82 Å². The van der Waals surface area contributed by atoms with Crippen molar-refractivity contribution < 1.29 is 13.2 Å². The van der Waals surface area contributed by atoms with Gasteiger partial charge in [0.25, 0.3) is 0 Å². The van der Waals surface area contributed by atoms with Gasteiger partial charge < -0.3 is 15.5 Å². The summed E-state index contributed by atoms with van der Waals surface area (Å²) >= 11 is 0. The lowest BCUT2D eigenvalue weighted by atomic mass is 10.3. The Hall–Kier alpha value is -1.57. The van der Waals surface area contributed by atoms with E-state index in [0.717, 1.165) is 6.07 Å². The van der Waals surface area contributed by atoms with Gasteiger partial charge in [-0.25, -0.2) is 4.98 Å². The number of nitrogen functional groups attached to an aromatic ring is 1. The van der Waals surface area contributed by atoms with Crippen LogP contribution < -0.4 is 10.6 Å². The quantitative estimate of drug-likeness (QED) is 0.880. The van der Waals surface area contributed by atoms with Gasteiger partial charge in [-0.2, -0.15) is 18.2 Å². The highest BCUT2D eigenvalue weighted by Crippen LogP contribution is 2.29. The monoisotopic (exact) mass is 263 g/mol. The van der Waals surface area contributed by atoms with E-state index in [0.29, 0.717) is 13.1 Å². The number of alkyl halides is 3. The van der Waals surface area contributed by atoms with Crippen LogP contribution in [-0.4, -0.2) is 49.1 Å². The van der Waals surface area contributed by atoms with Crippen molar-refractivity contribution in [2.24, 2.45) is 0 Å². The molecular weight excluding hydrogens is 247 g/mol. The van der Waals surface area contributed by atoms with Crippen LogP contribution in [0, 0.1) is 0 Å². The summed E-state index contributed by atoms with van der Waals surface area (Å²) in [5.74, 6) is -0.215. The summed E-state index contributed by atoms with van der Waals surface area (Å²) < 4.78 is 37.7. The normalized spacial score (nSPS) is 11.9. The molecule has 0 fully saturated rings. The zero-order chi connectivity index (χ0) is 13.9. The highest BCUT2D eigenvalue weighted by molar-refractivity contribution is 5.43. The molecule has 0 aliphatic carbocycles. The van der Waals surface area contributed by atoms with Crippen molar-refractivity contribution in [3.8, 4) is 0 Å². The fourth-order valence-electron chi connectivity index (χ4n) is 1.26. The molecule has 8 heteroatoms. The molecule has 0 saturated carbocycles. The van der Waals surface area contributed by atoms with E-state index in [-0.39, 0.29) is 11.8 Å². The molecule has 102 valence electrons. The van der Waals surface area contributed by atoms with Gasteiger partial charge in [-0.05, 0) is 14.1 Å². The summed E-state index contributed by atoms with van der Waals surface area (Å²) in [6, 6.07) is 0.895. The molecule has 0 aliphatic heterocycles. The predicted molar refractivity (Wildman–Crippen MR) is 63.3 cm³/mol. The first-order valence-corrected chi connectivity index (χ1v) is 5.28. The predicted octanol–water partition coefficient (Wildman–Crippen LogP) is 1.08. The van der Waals surface area contributed by atoms with Crippen molar-refractivity contribution in [2.75, 3.05) is 44.9 Å². The average Bonchev–Trinajstić information content (AvgIpc) is 2.23. The minimum atomic E-state index is -4.52. The maximum Gasteiger partial charge on any atom is 0.433 e. The number of hydrogen-bond donors (Lipinski definition) is 1. The van der Waals surface area contributed by atoms with Crippen molar-refractivity contribution in [3.63, 3.8) is 0 Å². The summed E-state index contributed by atoms with van der Waals surface area (Å²) in [4.78, 5) is 10.5. The summed E-state index contributed by atoms with van der Waals surface area (Å²) in [6.45, 7) is 1.24. The van der Waals surface area contributed by atoms with Crippen LogP contribution in [0.5, 0.6) is 0 Å². The van der Waals surface area contributed by atoms with Crippen LogP contribution >= 0.6 is 0 Å². The maximum atomic E-state index is 12.6. The molecule has 0 spiro atoms. The van der Waals surface area contributed by atoms with E-state index in [1.54, 1.807) is 11.9 Å². The average molecular weight is 263 g/mol. The second-order valence-electron chi connectivity index (χ2n) is 4.19. The Morgan fingerprint density at radius 2 is 1.78 bits per heavy atom. The number of nitrogens with two attached hydrogens (primary N) is 1. The van der Waals surface area contributed by atoms with Crippen molar-refractivity contribution in [2.45, 2.75) is 6.18 Å². The number of likely N-dealkylation sites (N-methyl/N-ethyl adjacent to an activating group) is 2. The minimum Gasteiger partial charge on any atom is -0.368 e. The Morgan fingerprint density at radius 1 is 1.17 bits per heavy atom. The zero-order valence-electron chi connectivity index (χ0n) is 10.5. The van der Waals surface area contributed by atoms with Crippen LogP contribution in [0.15, 0.2) is 6.07 Å². The molecule has 1 aromatic heterocycles. The summed E-state index contributed by atoms with van der Waals surface area (Å²) in [5, 5.41) is 0. The topological polar surface area (TPSA) is 58.3 Å². The van der Waals surface area contributed by atoms with Gasteiger partial charge in [0.15, 0.2) is 5.69 Å². The second kappa shape index (κ2) is 5.38. The first kappa shape index (κ1) is 14.5. The van der Waals surface area contributed by atoms with Crippen molar-refractivity contribution >= 4 is 11.8 Å². The maximum absolute atomic E-state index is 12.6. The van der Waals surface area contributed by atoms with Gasteiger partial charge in [-0.1, -0.05) is 0 Å². The number of aromatic nitrogens is 2. The molecule has 0 aliphatic rings. The Bertz CT molecular complexity index is 405. The Morgan fingerprint density at radius 3 is 2.28 bits per heavy atom. The molecule has 0 unspecified atom stereocenters. The van der Waals surface area contributed by atoms with E-state index < -0.39 is 11.9 Å². The standard InChI is InChI=1S/C10H16F3N5/c1-17(2)4-5-18(3)8-6-7(10(11,12)13)15-9(14)16-8/h6H,4-5H2,1-3H3,(H2,14,15,16). The first-order valence-electron chi connectivity index (χ1n) is 5.28. The highest BCUT2D eigenvalue weighted by atomic mass is 19.4. The van der Waals surface area contributed by atoms with Crippen LogP contribution in [0.2, 0.25) is 0 Å². The number of hydrogen-bond acceptors (Lipinski definition) is 5. The molecule has 0 aromatic carbocycles. The van der Waals surface area contributed by atoms with E-state index in [4.69, 9.17) is 5.73 Å². The van der Waals surface area contributed by atoms with Gasteiger partial charge >= 0.3 is 6.18 Å². The number of nitrogens with zero attached hydrogens (tertiary/aromatic N) is 4. The third-order valence-electron chi connectivity index (χ3n) is 2.29. The molecule has 1 heterocycles. The number of rotatable bonds is 4. The molecule has 0 atom stereocenters. The third kappa shape index (κ3) is 4.02. The molecular formula is C10H16F3N5. The fraction of sp³-hybridized carbons (Fsp3) is 0.600.